The highest BCUT2D eigenvalue weighted by molar-refractivity contribution is 14.2. The van der Waals surface area contributed by atoms with Crippen LogP contribution in [0.2, 0.25) is 0 Å². The number of halogens is 1. The van der Waals surface area contributed by atoms with E-state index in [0.717, 1.165) is 6.29 Å². The summed E-state index contributed by atoms with van der Waals surface area (Å²) in [5.74, 6) is 1.43. The van der Waals surface area contributed by atoms with Crippen LogP contribution in [-0.4, -0.2) is 12.4 Å². The summed E-state index contributed by atoms with van der Waals surface area (Å²) in [4.78, 5) is 11.1. The molecule has 0 saturated heterocycles. The molecular formula is C13H21IO2S. The number of hydrogen-bond acceptors (Lipinski definition) is 3. The molecule has 0 aromatic heterocycles. The van der Waals surface area contributed by atoms with Gasteiger partial charge in [0.15, 0.2) is 0 Å². The topological polar surface area (TPSA) is 26.3 Å². The summed E-state index contributed by atoms with van der Waals surface area (Å²) in [5.41, 5.74) is 0.329. The standard InChI is InChI=1S/C13H21IO2S/c1-9(8-15)10-5-6-11-12(16-17-14)4-3-7-13(10,11)2/h8-12H,3-7H2,1-2H3/t9-,10?,11?,12?,13?/m1/s1. The van der Waals surface area contributed by atoms with E-state index >= 15 is 0 Å². The molecule has 4 heteroatoms. The summed E-state index contributed by atoms with van der Waals surface area (Å²) in [5, 5.41) is 0. The highest BCUT2D eigenvalue weighted by Gasteiger charge is 2.53. The van der Waals surface area contributed by atoms with Gasteiger partial charge in [-0.15, -0.1) is 0 Å². The minimum atomic E-state index is 0.205. The van der Waals surface area contributed by atoms with E-state index in [0.29, 0.717) is 23.4 Å². The lowest BCUT2D eigenvalue weighted by Gasteiger charge is -2.45. The van der Waals surface area contributed by atoms with Crippen molar-refractivity contribution in [3.05, 3.63) is 0 Å². The van der Waals surface area contributed by atoms with Gasteiger partial charge in [0.1, 0.15) is 6.29 Å². The molecular weight excluding hydrogens is 347 g/mol. The Morgan fingerprint density at radius 3 is 2.88 bits per heavy atom. The molecule has 0 heterocycles. The van der Waals surface area contributed by atoms with Gasteiger partial charge in [0.25, 0.3) is 0 Å². The molecule has 0 aromatic carbocycles. The molecule has 0 spiro atoms. The normalized spacial score (nSPS) is 43.1. The lowest BCUT2D eigenvalue weighted by molar-refractivity contribution is -0.114. The molecule has 4 unspecified atom stereocenters. The van der Waals surface area contributed by atoms with Crippen LogP contribution in [-0.2, 0) is 8.98 Å². The van der Waals surface area contributed by atoms with E-state index in [1.165, 1.54) is 41.3 Å². The van der Waals surface area contributed by atoms with E-state index in [2.05, 4.69) is 35.1 Å². The van der Waals surface area contributed by atoms with Gasteiger partial charge in [0.05, 0.1) is 15.3 Å². The van der Waals surface area contributed by atoms with Gasteiger partial charge in [0.2, 0.25) is 0 Å². The zero-order valence-corrected chi connectivity index (χ0v) is 13.5. The van der Waals surface area contributed by atoms with Gasteiger partial charge in [-0.05, 0) is 42.9 Å². The van der Waals surface area contributed by atoms with Gasteiger partial charge in [0, 0.05) is 27.1 Å². The fourth-order valence-electron chi connectivity index (χ4n) is 4.28. The Morgan fingerprint density at radius 1 is 1.47 bits per heavy atom. The second kappa shape index (κ2) is 5.78. The fourth-order valence-corrected chi connectivity index (χ4v) is 5.40. The molecule has 0 bridgehead atoms. The van der Waals surface area contributed by atoms with Crippen molar-refractivity contribution in [2.24, 2.45) is 23.2 Å². The molecule has 5 atom stereocenters. The Kier molecular flexibility index (Phi) is 4.80. The van der Waals surface area contributed by atoms with Gasteiger partial charge in [-0.2, -0.15) is 0 Å². The van der Waals surface area contributed by atoms with E-state index in [1.54, 1.807) is 0 Å². The van der Waals surface area contributed by atoms with Crippen molar-refractivity contribution in [3.63, 3.8) is 0 Å². The van der Waals surface area contributed by atoms with Crippen molar-refractivity contribution in [2.75, 3.05) is 0 Å². The van der Waals surface area contributed by atoms with Crippen LogP contribution in [0.3, 0.4) is 0 Å². The number of aldehydes is 1. The quantitative estimate of drug-likeness (QED) is 0.417. The van der Waals surface area contributed by atoms with Crippen LogP contribution in [0.25, 0.3) is 0 Å². The maximum Gasteiger partial charge on any atom is 0.123 e. The molecule has 0 N–H and O–H groups in total. The molecule has 2 fully saturated rings. The van der Waals surface area contributed by atoms with Crippen molar-refractivity contribution in [1.82, 2.24) is 0 Å². The fraction of sp³-hybridized carbons (Fsp3) is 0.923. The average Bonchev–Trinajstić information content (AvgIpc) is 2.67. The second-order valence-corrected chi connectivity index (χ2v) is 7.28. The zero-order valence-electron chi connectivity index (χ0n) is 10.5. The first-order valence-electron chi connectivity index (χ1n) is 6.53. The minimum Gasteiger partial charge on any atom is -0.303 e. The number of hydrogen-bond donors (Lipinski definition) is 0. The minimum absolute atomic E-state index is 0.205. The Morgan fingerprint density at radius 2 is 2.24 bits per heavy atom. The average molecular weight is 368 g/mol. The molecule has 2 saturated carbocycles. The zero-order chi connectivity index (χ0) is 12.5. The van der Waals surface area contributed by atoms with Gasteiger partial charge in [-0.25, -0.2) is 0 Å². The van der Waals surface area contributed by atoms with E-state index < -0.39 is 0 Å². The summed E-state index contributed by atoms with van der Waals surface area (Å²) < 4.78 is 5.84. The van der Waals surface area contributed by atoms with Crippen LogP contribution >= 0.6 is 30.4 Å². The molecule has 2 aliphatic rings. The third-order valence-electron chi connectivity index (χ3n) is 5.14. The predicted molar refractivity (Wildman–Crippen MR) is 79.9 cm³/mol. The van der Waals surface area contributed by atoms with Crippen molar-refractivity contribution in [2.45, 2.75) is 52.1 Å². The molecule has 98 valence electrons. The lowest BCUT2D eigenvalue weighted by Crippen LogP contribution is -2.42. The van der Waals surface area contributed by atoms with Crippen LogP contribution in [0.4, 0.5) is 0 Å². The van der Waals surface area contributed by atoms with Crippen LogP contribution in [0.5, 0.6) is 0 Å². The molecule has 2 aliphatic carbocycles. The van der Waals surface area contributed by atoms with Crippen molar-refractivity contribution in [1.29, 1.82) is 0 Å². The maximum absolute atomic E-state index is 11.1. The molecule has 0 amide bonds. The van der Waals surface area contributed by atoms with Crippen LogP contribution < -0.4 is 0 Å². The summed E-state index contributed by atoms with van der Waals surface area (Å²) in [7, 11) is 1.47. The summed E-state index contributed by atoms with van der Waals surface area (Å²) in [6.07, 6.45) is 7.70. The SMILES string of the molecule is C[C@H](C=O)C1CCC2C(OSI)CCCC21C. The Labute approximate surface area is 120 Å². The molecule has 0 radical (unpaired) electrons. The van der Waals surface area contributed by atoms with Crippen LogP contribution in [0.15, 0.2) is 0 Å². The van der Waals surface area contributed by atoms with E-state index in [1.807, 2.05) is 0 Å². The van der Waals surface area contributed by atoms with Crippen LogP contribution in [0.1, 0.15) is 46.0 Å². The third kappa shape index (κ3) is 2.54. The third-order valence-corrected chi connectivity index (χ3v) is 6.09. The predicted octanol–water partition coefficient (Wildman–Crippen LogP) is 4.42. The van der Waals surface area contributed by atoms with Crippen LogP contribution in [0, 0.1) is 23.2 Å². The van der Waals surface area contributed by atoms with E-state index in [-0.39, 0.29) is 5.92 Å². The summed E-state index contributed by atoms with van der Waals surface area (Å²) >= 11 is 2.21. The summed E-state index contributed by atoms with van der Waals surface area (Å²) in [6, 6.07) is 0. The van der Waals surface area contributed by atoms with Crippen molar-refractivity contribution >= 4 is 36.7 Å². The highest BCUT2D eigenvalue weighted by Crippen LogP contribution is 2.58. The van der Waals surface area contributed by atoms with Gasteiger partial charge in [-0.1, -0.05) is 20.3 Å². The highest BCUT2D eigenvalue weighted by atomic mass is 127. The van der Waals surface area contributed by atoms with E-state index in [4.69, 9.17) is 4.18 Å². The first-order valence-corrected chi connectivity index (χ1v) is 9.81. The van der Waals surface area contributed by atoms with Gasteiger partial charge in [-0.3, -0.25) is 0 Å². The number of carbonyl (C=O) groups is 1. The smallest absolute Gasteiger partial charge is 0.123 e. The van der Waals surface area contributed by atoms with Gasteiger partial charge < -0.3 is 8.98 Å². The maximum atomic E-state index is 11.1. The molecule has 2 rings (SSSR count). The first-order chi connectivity index (χ1) is 8.13. The number of carbonyl (C=O) groups excluding carboxylic acids is 1. The monoisotopic (exact) mass is 368 g/mol. The van der Waals surface area contributed by atoms with Crippen molar-refractivity contribution < 1.29 is 8.98 Å². The van der Waals surface area contributed by atoms with Gasteiger partial charge >= 0.3 is 0 Å². The van der Waals surface area contributed by atoms with E-state index in [9.17, 15) is 4.79 Å². The first kappa shape index (κ1) is 14.1. The summed E-state index contributed by atoms with van der Waals surface area (Å²) in [6.45, 7) is 4.48. The van der Waals surface area contributed by atoms with Crippen molar-refractivity contribution in [3.8, 4) is 0 Å². The molecule has 2 nitrogen and oxygen atoms in total. The molecule has 17 heavy (non-hydrogen) atoms. The largest absolute Gasteiger partial charge is 0.303 e. The Balaban J connectivity index is 2.16. The Hall–Kier alpha value is 0.710. The lowest BCUT2D eigenvalue weighted by atomic mass is 9.62. The second-order valence-electron chi connectivity index (χ2n) is 5.88. The number of rotatable bonds is 4. The Bertz CT molecular complexity index is 285. The number of fused-ring (bicyclic) bond motifs is 1. The molecule has 0 aliphatic heterocycles. The molecule has 0 aromatic rings.